The van der Waals surface area contributed by atoms with Gasteiger partial charge in [0.15, 0.2) is 0 Å². The summed E-state index contributed by atoms with van der Waals surface area (Å²) >= 11 is 0. The Balaban J connectivity index is 1.53. The number of nitrogens with one attached hydrogen (secondary N) is 2. The van der Waals surface area contributed by atoms with Gasteiger partial charge in [0.25, 0.3) is 5.69 Å². The van der Waals surface area contributed by atoms with Crippen LogP contribution in [0.2, 0.25) is 0 Å². The smallest absolute Gasteiger partial charge is 0.269 e. The molecular weight excluding hydrogens is 436 g/mol. The third-order valence-electron chi connectivity index (χ3n) is 4.88. The van der Waals surface area contributed by atoms with Crippen molar-refractivity contribution in [3.05, 3.63) is 75.8 Å². The van der Waals surface area contributed by atoms with Crippen LogP contribution in [0.15, 0.2) is 65.3 Å². The van der Waals surface area contributed by atoms with E-state index in [0.717, 1.165) is 11.1 Å². The number of morpholine rings is 1. The van der Waals surface area contributed by atoms with E-state index < -0.39 is 4.92 Å². The summed E-state index contributed by atoms with van der Waals surface area (Å²) in [6, 6.07) is 16.0. The van der Waals surface area contributed by atoms with Gasteiger partial charge in [0.1, 0.15) is 0 Å². The zero-order valence-electron chi connectivity index (χ0n) is 18.6. The minimum atomic E-state index is -0.447. The summed E-state index contributed by atoms with van der Waals surface area (Å²) in [6.45, 7) is 4.43. The normalized spacial score (nSPS) is 14.3. The molecule has 0 bridgehead atoms. The van der Waals surface area contributed by atoms with E-state index in [2.05, 4.69) is 30.8 Å². The SMILES string of the molecule is CC(C=NNc1nc(Nc2ccc([N+](=O)[O-])cc2)nc(N2CCOCC2)n1)=Cc1ccccc1. The third kappa shape index (κ3) is 6.33. The van der Waals surface area contributed by atoms with Crippen molar-refractivity contribution in [1.82, 2.24) is 15.0 Å². The minimum Gasteiger partial charge on any atom is -0.378 e. The van der Waals surface area contributed by atoms with Crippen LogP contribution in [0.4, 0.5) is 29.2 Å². The highest BCUT2D eigenvalue weighted by Crippen LogP contribution is 2.21. The van der Waals surface area contributed by atoms with Crippen LogP contribution in [-0.4, -0.2) is 52.4 Å². The van der Waals surface area contributed by atoms with Gasteiger partial charge in [-0.1, -0.05) is 36.4 Å². The molecule has 0 spiro atoms. The second-order valence-electron chi connectivity index (χ2n) is 7.48. The Morgan fingerprint density at radius 1 is 1.06 bits per heavy atom. The van der Waals surface area contributed by atoms with E-state index in [0.29, 0.717) is 43.9 Å². The molecule has 1 saturated heterocycles. The summed E-state index contributed by atoms with van der Waals surface area (Å²) in [7, 11) is 0. The largest absolute Gasteiger partial charge is 0.378 e. The number of anilines is 4. The number of nitrogens with zero attached hydrogens (tertiary/aromatic N) is 6. The monoisotopic (exact) mass is 460 g/mol. The standard InChI is InChI=1S/C23H24N8O3/c1-17(15-18-5-3-2-4-6-18)16-24-29-22-26-21(25-19-7-9-20(10-8-19)31(32)33)27-23(28-22)30-11-13-34-14-12-30/h2-10,15-16H,11-14H2,1H3,(H2,25,26,27,28,29). The summed E-state index contributed by atoms with van der Waals surface area (Å²) in [5.74, 6) is 1.04. The first-order valence-corrected chi connectivity index (χ1v) is 10.7. The average molecular weight is 460 g/mol. The van der Waals surface area contributed by atoms with Gasteiger partial charge in [0.05, 0.1) is 24.4 Å². The Kier molecular flexibility index (Phi) is 7.35. The molecule has 2 heterocycles. The van der Waals surface area contributed by atoms with Gasteiger partial charge >= 0.3 is 0 Å². The van der Waals surface area contributed by atoms with Crippen LogP contribution >= 0.6 is 0 Å². The van der Waals surface area contributed by atoms with Gasteiger partial charge in [-0.3, -0.25) is 10.1 Å². The molecule has 4 rings (SSSR count). The fourth-order valence-corrected chi connectivity index (χ4v) is 3.21. The number of hydrazone groups is 1. The summed E-state index contributed by atoms with van der Waals surface area (Å²) in [4.78, 5) is 25.8. The van der Waals surface area contributed by atoms with Crippen molar-refractivity contribution < 1.29 is 9.66 Å². The fraction of sp³-hybridized carbons (Fsp3) is 0.217. The van der Waals surface area contributed by atoms with Crippen molar-refractivity contribution in [3.8, 4) is 0 Å². The number of allylic oxidation sites excluding steroid dienone is 1. The maximum absolute atomic E-state index is 10.9. The van der Waals surface area contributed by atoms with Crippen LogP contribution in [0.5, 0.6) is 0 Å². The van der Waals surface area contributed by atoms with Gasteiger partial charge in [0, 0.05) is 30.9 Å². The Labute approximate surface area is 196 Å². The van der Waals surface area contributed by atoms with Gasteiger partial charge in [0.2, 0.25) is 17.8 Å². The first-order chi connectivity index (χ1) is 16.6. The molecule has 1 aliphatic heterocycles. The minimum absolute atomic E-state index is 0.00539. The third-order valence-corrected chi connectivity index (χ3v) is 4.88. The molecule has 0 unspecified atom stereocenters. The van der Waals surface area contributed by atoms with Crippen molar-refractivity contribution in [1.29, 1.82) is 0 Å². The average Bonchev–Trinajstić information content (AvgIpc) is 2.85. The maximum Gasteiger partial charge on any atom is 0.269 e. The maximum atomic E-state index is 10.9. The van der Waals surface area contributed by atoms with E-state index >= 15 is 0 Å². The van der Waals surface area contributed by atoms with Crippen LogP contribution in [0.25, 0.3) is 6.08 Å². The van der Waals surface area contributed by atoms with E-state index in [1.54, 1.807) is 18.3 Å². The van der Waals surface area contributed by atoms with Gasteiger partial charge in [-0.25, -0.2) is 5.43 Å². The lowest BCUT2D eigenvalue weighted by Crippen LogP contribution is -2.37. The molecule has 11 heteroatoms. The van der Waals surface area contributed by atoms with Crippen LogP contribution in [0.3, 0.4) is 0 Å². The molecule has 174 valence electrons. The number of nitro groups is 1. The molecule has 0 saturated carbocycles. The molecule has 34 heavy (non-hydrogen) atoms. The second kappa shape index (κ2) is 11.0. The predicted octanol–water partition coefficient (Wildman–Crippen LogP) is 3.86. The summed E-state index contributed by atoms with van der Waals surface area (Å²) in [5.41, 5.74) is 5.52. The van der Waals surface area contributed by atoms with Crippen molar-refractivity contribution >= 4 is 41.5 Å². The van der Waals surface area contributed by atoms with Gasteiger partial charge in [-0.15, -0.1) is 0 Å². The fourth-order valence-electron chi connectivity index (χ4n) is 3.21. The predicted molar refractivity (Wildman–Crippen MR) is 131 cm³/mol. The molecule has 3 aromatic rings. The van der Waals surface area contributed by atoms with Crippen molar-refractivity contribution in [3.63, 3.8) is 0 Å². The Bertz CT molecular complexity index is 1180. The van der Waals surface area contributed by atoms with E-state index in [-0.39, 0.29) is 11.6 Å². The molecule has 0 atom stereocenters. The highest BCUT2D eigenvalue weighted by Gasteiger charge is 2.17. The number of hydrogen-bond donors (Lipinski definition) is 2. The summed E-state index contributed by atoms with van der Waals surface area (Å²) in [5, 5.41) is 18.2. The van der Waals surface area contributed by atoms with Crippen molar-refractivity contribution in [2.75, 3.05) is 41.9 Å². The van der Waals surface area contributed by atoms with Crippen LogP contribution in [0.1, 0.15) is 12.5 Å². The summed E-state index contributed by atoms with van der Waals surface area (Å²) in [6.07, 6.45) is 3.70. The number of rotatable bonds is 8. The van der Waals surface area contributed by atoms with Gasteiger partial charge < -0.3 is 15.0 Å². The van der Waals surface area contributed by atoms with E-state index in [1.807, 2.05) is 48.2 Å². The topological polar surface area (TPSA) is 131 Å². The molecule has 1 fully saturated rings. The van der Waals surface area contributed by atoms with Crippen LogP contribution in [0, 0.1) is 10.1 Å². The lowest BCUT2D eigenvalue weighted by atomic mass is 10.1. The first-order valence-electron chi connectivity index (χ1n) is 10.7. The Morgan fingerprint density at radius 3 is 2.47 bits per heavy atom. The number of nitro benzene ring substituents is 1. The lowest BCUT2D eigenvalue weighted by molar-refractivity contribution is -0.384. The molecule has 2 N–H and O–H groups in total. The van der Waals surface area contributed by atoms with E-state index in [9.17, 15) is 10.1 Å². The molecule has 2 aromatic carbocycles. The molecule has 0 amide bonds. The molecule has 0 aliphatic carbocycles. The lowest BCUT2D eigenvalue weighted by Gasteiger charge is -2.27. The van der Waals surface area contributed by atoms with E-state index in [1.165, 1.54) is 12.1 Å². The Hall–Kier alpha value is -4.38. The van der Waals surface area contributed by atoms with Crippen LogP contribution in [-0.2, 0) is 4.74 Å². The quantitative estimate of drug-likeness (QED) is 0.292. The Morgan fingerprint density at radius 2 is 1.76 bits per heavy atom. The second-order valence-corrected chi connectivity index (χ2v) is 7.48. The number of aromatic nitrogens is 3. The molecule has 11 nitrogen and oxygen atoms in total. The highest BCUT2D eigenvalue weighted by atomic mass is 16.6. The number of benzene rings is 2. The molecular formula is C23H24N8O3. The number of hydrogen-bond acceptors (Lipinski definition) is 10. The number of ether oxygens (including phenoxy) is 1. The van der Waals surface area contributed by atoms with Gasteiger partial charge in [-0.2, -0.15) is 20.1 Å². The molecule has 0 radical (unpaired) electrons. The van der Waals surface area contributed by atoms with E-state index in [4.69, 9.17) is 4.74 Å². The van der Waals surface area contributed by atoms with Crippen molar-refractivity contribution in [2.45, 2.75) is 6.92 Å². The van der Waals surface area contributed by atoms with Crippen molar-refractivity contribution in [2.24, 2.45) is 5.10 Å². The zero-order valence-corrected chi connectivity index (χ0v) is 18.6. The highest BCUT2D eigenvalue weighted by molar-refractivity contribution is 5.85. The number of non-ortho nitro benzene ring substituents is 1. The van der Waals surface area contributed by atoms with Gasteiger partial charge in [-0.05, 0) is 30.2 Å². The zero-order chi connectivity index (χ0) is 23.8. The molecule has 1 aliphatic rings. The van der Waals surface area contributed by atoms with Crippen LogP contribution < -0.4 is 15.6 Å². The molecule has 1 aromatic heterocycles. The first kappa shape index (κ1) is 22.8. The summed E-state index contributed by atoms with van der Waals surface area (Å²) < 4.78 is 5.42.